The molecular formula is C13H21N3O. The topological polar surface area (TPSA) is 54.0 Å². The summed E-state index contributed by atoms with van der Waals surface area (Å²) in [6, 6.07) is 4.20. The molecule has 0 spiro atoms. The molecule has 0 radical (unpaired) electrons. The maximum Gasteiger partial charge on any atom is 0.220 e. The number of rotatable bonds is 7. The summed E-state index contributed by atoms with van der Waals surface area (Å²) in [6.07, 6.45) is 4.80. The van der Waals surface area contributed by atoms with Gasteiger partial charge < -0.3 is 10.6 Å². The van der Waals surface area contributed by atoms with Crippen molar-refractivity contribution in [3.05, 3.63) is 30.1 Å². The van der Waals surface area contributed by atoms with E-state index in [1.54, 1.807) is 12.4 Å². The van der Waals surface area contributed by atoms with E-state index >= 15 is 0 Å². The van der Waals surface area contributed by atoms with E-state index in [4.69, 9.17) is 0 Å². The van der Waals surface area contributed by atoms with E-state index in [0.29, 0.717) is 19.0 Å². The summed E-state index contributed by atoms with van der Waals surface area (Å²) in [5.74, 6) is 0.103. The zero-order valence-corrected chi connectivity index (χ0v) is 10.6. The molecule has 0 aliphatic carbocycles. The lowest BCUT2D eigenvalue weighted by atomic mass is 10.1. The van der Waals surface area contributed by atoms with Crippen molar-refractivity contribution in [1.82, 2.24) is 15.6 Å². The van der Waals surface area contributed by atoms with Crippen molar-refractivity contribution in [3.63, 3.8) is 0 Å². The highest BCUT2D eigenvalue weighted by Gasteiger charge is 2.04. The van der Waals surface area contributed by atoms with Gasteiger partial charge in [0.25, 0.3) is 0 Å². The minimum Gasteiger partial charge on any atom is -0.355 e. The minimum absolute atomic E-state index is 0.103. The number of hydrogen-bond acceptors (Lipinski definition) is 3. The molecule has 1 amide bonds. The number of hydrogen-bond donors (Lipinski definition) is 2. The Labute approximate surface area is 103 Å². The summed E-state index contributed by atoms with van der Waals surface area (Å²) in [4.78, 5) is 15.5. The summed E-state index contributed by atoms with van der Waals surface area (Å²) in [6.45, 7) is 5.73. The Morgan fingerprint density at radius 1 is 1.41 bits per heavy atom. The van der Waals surface area contributed by atoms with E-state index in [1.807, 2.05) is 12.1 Å². The summed E-state index contributed by atoms with van der Waals surface area (Å²) in [7, 11) is 0. The van der Waals surface area contributed by atoms with Crippen LogP contribution in [-0.2, 0) is 11.2 Å². The smallest absolute Gasteiger partial charge is 0.220 e. The fraction of sp³-hybridized carbons (Fsp3) is 0.538. The molecule has 1 aromatic rings. The molecule has 0 saturated heterocycles. The number of nitrogens with zero attached hydrogens (tertiary/aromatic N) is 1. The van der Waals surface area contributed by atoms with Crippen LogP contribution in [0.5, 0.6) is 0 Å². The van der Waals surface area contributed by atoms with E-state index < -0.39 is 0 Å². The molecule has 2 N–H and O–H groups in total. The molecule has 1 atom stereocenters. The van der Waals surface area contributed by atoms with Crippen LogP contribution in [0.3, 0.4) is 0 Å². The predicted molar refractivity (Wildman–Crippen MR) is 68.7 cm³/mol. The summed E-state index contributed by atoms with van der Waals surface area (Å²) in [5, 5.41) is 6.17. The third-order valence-electron chi connectivity index (χ3n) is 2.55. The SMILES string of the molecule is CCN[C@H](C)CNC(=O)CCc1ccncc1. The van der Waals surface area contributed by atoms with Crippen LogP contribution in [0.25, 0.3) is 0 Å². The Bertz CT molecular complexity index is 327. The second-order valence-electron chi connectivity index (χ2n) is 4.12. The van der Waals surface area contributed by atoms with Crippen molar-refractivity contribution in [3.8, 4) is 0 Å². The molecule has 1 heterocycles. The molecule has 0 bridgehead atoms. The summed E-state index contributed by atoms with van der Waals surface area (Å²) < 4.78 is 0. The fourth-order valence-corrected chi connectivity index (χ4v) is 1.58. The summed E-state index contributed by atoms with van der Waals surface area (Å²) >= 11 is 0. The molecule has 0 aliphatic rings. The standard InChI is InChI=1S/C13H21N3O/c1-3-15-11(2)10-16-13(17)5-4-12-6-8-14-9-7-12/h6-9,11,15H,3-5,10H2,1-2H3,(H,16,17)/t11-/m1/s1. The molecule has 0 aliphatic heterocycles. The Kier molecular flexibility index (Phi) is 6.25. The highest BCUT2D eigenvalue weighted by molar-refractivity contribution is 5.76. The quantitative estimate of drug-likeness (QED) is 0.745. The van der Waals surface area contributed by atoms with Crippen molar-refractivity contribution >= 4 is 5.91 Å². The van der Waals surface area contributed by atoms with Gasteiger partial charge in [0, 0.05) is 31.4 Å². The lowest BCUT2D eigenvalue weighted by Gasteiger charge is -2.13. The first kappa shape index (κ1) is 13.6. The van der Waals surface area contributed by atoms with Crippen molar-refractivity contribution in [2.45, 2.75) is 32.7 Å². The van der Waals surface area contributed by atoms with Crippen LogP contribution in [0, 0.1) is 0 Å². The first-order valence-electron chi connectivity index (χ1n) is 6.11. The molecule has 1 rings (SSSR count). The monoisotopic (exact) mass is 235 g/mol. The molecule has 4 heteroatoms. The zero-order chi connectivity index (χ0) is 12.5. The third-order valence-corrected chi connectivity index (χ3v) is 2.55. The van der Waals surface area contributed by atoms with Gasteiger partial charge in [-0.25, -0.2) is 0 Å². The van der Waals surface area contributed by atoms with E-state index in [1.165, 1.54) is 0 Å². The highest BCUT2D eigenvalue weighted by atomic mass is 16.1. The van der Waals surface area contributed by atoms with Gasteiger partial charge in [0.2, 0.25) is 5.91 Å². The van der Waals surface area contributed by atoms with Crippen LogP contribution in [-0.4, -0.2) is 30.0 Å². The Hall–Kier alpha value is -1.42. The van der Waals surface area contributed by atoms with Crippen molar-refractivity contribution in [1.29, 1.82) is 0 Å². The average Bonchev–Trinajstić information content (AvgIpc) is 2.35. The molecule has 17 heavy (non-hydrogen) atoms. The van der Waals surface area contributed by atoms with Crippen molar-refractivity contribution in [2.75, 3.05) is 13.1 Å². The zero-order valence-electron chi connectivity index (χ0n) is 10.6. The van der Waals surface area contributed by atoms with Gasteiger partial charge >= 0.3 is 0 Å². The van der Waals surface area contributed by atoms with Crippen LogP contribution in [0.1, 0.15) is 25.8 Å². The van der Waals surface area contributed by atoms with Gasteiger partial charge in [-0.1, -0.05) is 6.92 Å². The Morgan fingerprint density at radius 3 is 2.76 bits per heavy atom. The van der Waals surface area contributed by atoms with E-state index in [-0.39, 0.29) is 5.91 Å². The third kappa shape index (κ3) is 6.02. The average molecular weight is 235 g/mol. The molecule has 0 unspecified atom stereocenters. The normalized spacial score (nSPS) is 12.1. The molecule has 0 fully saturated rings. The van der Waals surface area contributed by atoms with E-state index in [0.717, 1.165) is 18.5 Å². The van der Waals surface area contributed by atoms with Crippen LogP contribution < -0.4 is 10.6 Å². The number of pyridine rings is 1. The number of nitrogens with one attached hydrogen (secondary N) is 2. The predicted octanol–water partition coefficient (Wildman–Crippen LogP) is 1.13. The Balaban J connectivity index is 2.17. The second kappa shape index (κ2) is 7.79. The van der Waals surface area contributed by atoms with E-state index in [2.05, 4.69) is 29.5 Å². The maximum atomic E-state index is 11.6. The number of aryl methyl sites for hydroxylation is 1. The number of amides is 1. The van der Waals surface area contributed by atoms with Crippen molar-refractivity contribution in [2.24, 2.45) is 0 Å². The van der Waals surface area contributed by atoms with Gasteiger partial charge in [-0.05, 0) is 37.6 Å². The molecular weight excluding hydrogens is 214 g/mol. The molecule has 1 aromatic heterocycles. The lowest BCUT2D eigenvalue weighted by molar-refractivity contribution is -0.121. The molecule has 0 saturated carbocycles. The number of carbonyl (C=O) groups excluding carboxylic acids is 1. The number of carbonyl (C=O) groups is 1. The first-order valence-corrected chi connectivity index (χ1v) is 6.11. The minimum atomic E-state index is 0.103. The van der Waals surface area contributed by atoms with Crippen LogP contribution in [0.15, 0.2) is 24.5 Å². The van der Waals surface area contributed by atoms with Crippen LogP contribution in [0.2, 0.25) is 0 Å². The van der Waals surface area contributed by atoms with Gasteiger partial charge in [-0.2, -0.15) is 0 Å². The number of likely N-dealkylation sites (N-methyl/N-ethyl adjacent to an activating group) is 1. The van der Waals surface area contributed by atoms with Gasteiger partial charge in [0.05, 0.1) is 0 Å². The first-order chi connectivity index (χ1) is 8.22. The molecule has 4 nitrogen and oxygen atoms in total. The fourth-order valence-electron chi connectivity index (χ4n) is 1.58. The van der Waals surface area contributed by atoms with Crippen molar-refractivity contribution < 1.29 is 4.79 Å². The van der Waals surface area contributed by atoms with Crippen LogP contribution in [0.4, 0.5) is 0 Å². The van der Waals surface area contributed by atoms with Gasteiger partial charge in [0.15, 0.2) is 0 Å². The second-order valence-corrected chi connectivity index (χ2v) is 4.12. The lowest BCUT2D eigenvalue weighted by Crippen LogP contribution is -2.38. The highest BCUT2D eigenvalue weighted by Crippen LogP contribution is 2.00. The molecule has 0 aromatic carbocycles. The van der Waals surface area contributed by atoms with Gasteiger partial charge in [-0.3, -0.25) is 9.78 Å². The van der Waals surface area contributed by atoms with Gasteiger partial charge in [-0.15, -0.1) is 0 Å². The Morgan fingerprint density at radius 2 is 2.12 bits per heavy atom. The summed E-state index contributed by atoms with van der Waals surface area (Å²) in [5.41, 5.74) is 1.15. The number of aromatic nitrogens is 1. The largest absolute Gasteiger partial charge is 0.355 e. The van der Waals surface area contributed by atoms with Gasteiger partial charge in [0.1, 0.15) is 0 Å². The van der Waals surface area contributed by atoms with Crippen LogP contribution >= 0.6 is 0 Å². The van der Waals surface area contributed by atoms with E-state index in [9.17, 15) is 4.79 Å². The maximum absolute atomic E-state index is 11.6. The molecule has 94 valence electrons.